The van der Waals surface area contributed by atoms with Gasteiger partial charge in [0.1, 0.15) is 0 Å². The fraction of sp³-hybridized carbons (Fsp3) is 0.261. The zero-order chi connectivity index (χ0) is 19.6. The van der Waals surface area contributed by atoms with E-state index in [2.05, 4.69) is 39.4 Å². The van der Waals surface area contributed by atoms with Crippen LogP contribution in [0.3, 0.4) is 0 Å². The van der Waals surface area contributed by atoms with Crippen LogP contribution in [0, 0.1) is 0 Å². The van der Waals surface area contributed by atoms with Crippen molar-refractivity contribution < 1.29 is 4.79 Å². The molecule has 6 heteroatoms. The third kappa shape index (κ3) is 3.68. The summed E-state index contributed by atoms with van der Waals surface area (Å²) < 4.78 is 1.06. The normalized spacial score (nSPS) is 17.0. The van der Waals surface area contributed by atoms with E-state index in [9.17, 15) is 4.79 Å². The molecule has 5 rings (SSSR count). The molecule has 2 aromatic heterocycles. The molecule has 1 aliphatic heterocycles. The molecule has 0 aliphatic carbocycles. The van der Waals surface area contributed by atoms with Crippen molar-refractivity contribution in [1.29, 1.82) is 0 Å². The van der Waals surface area contributed by atoms with Gasteiger partial charge in [-0.25, -0.2) is 4.98 Å². The average molecular weight is 403 g/mol. The number of rotatable bonds is 4. The molecule has 1 unspecified atom stereocenters. The summed E-state index contributed by atoms with van der Waals surface area (Å²) in [6.07, 6.45) is 4.87. The fourth-order valence-electron chi connectivity index (χ4n) is 4.20. The number of benzene rings is 2. The predicted octanol–water partition coefficient (Wildman–Crippen LogP) is 4.63. The lowest BCUT2D eigenvalue weighted by Crippen LogP contribution is -2.39. The van der Waals surface area contributed by atoms with Gasteiger partial charge in [-0.05, 0) is 42.2 Å². The molecule has 3 heterocycles. The van der Waals surface area contributed by atoms with Crippen molar-refractivity contribution in [2.24, 2.45) is 0 Å². The van der Waals surface area contributed by atoms with Crippen molar-refractivity contribution in [1.82, 2.24) is 20.1 Å². The van der Waals surface area contributed by atoms with E-state index in [0.717, 1.165) is 48.1 Å². The Kier molecular flexibility index (Phi) is 4.86. The quantitative estimate of drug-likeness (QED) is 0.541. The highest BCUT2D eigenvalue weighted by molar-refractivity contribution is 7.16. The van der Waals surface area contributed by atoms with Gasteiger partial charge in [-0.3, -0.25) is 9.89 Å². The third-order valence-electron chi connectivity index (χ3n) is 5.68. The molecule has 1 saturated heterocycles. The Morgan fingerprint density at radius 3 is 3.00 bits per heavy atom. The predicted molar refractivity (Wildman–Crippen MR) is 115 cm³/mol. The summed E-state index contributed by atoms with van der Waals surface area (Å²) in [5.41, 5.74) is 7.19. The first-order chi connectivity index (χ1) is 14.3. The molecule has 0 radical (unpaired) electrons. The number of aromatic amines is 1. The molecule has 2 aromatic carbocycles. The van der Waals surface area contributed by atoms with E-state index in [0.29, 0.717) is 5.92 Å². The number of hydrogen-bond acceptors (Lipinski definition) is 4. The number of thiazole rings is 1. The third-order valence-corrected chi connectivity index (χ3v) is 6.48. The molecular weight excluding hydrogens is 380 g/mol. The van der Waals surface area contributed by atoms with E-state index in [1.54, 1.807) is 11.3 Å². The number of amides is 1. The molecule has 146 valence electrons. The lowest BCUT2D eigenvalue weighted by Gasteiger charge is -2.33. The second kappa shape index (κ2) is 7.79. The minimum absolute atomic E-state index is 0.106. The van der Waals surface area contributed by atoms with E-state index >= 15 is 0 Å². The number of nitrogens with zero attached hydrogens (tertiary/aromatic N) is 3. The molecule has 29 heavy (non-hydrogen) atoms. The highest BCUT2D eigenvalue weighted by Gasteiger charge is 2.28. The highest BCUT2D eigenvalue weighted by atomic mass is 32.1. The molecule has 1 fully saturated rings. The minimum Gasteiger partial charge on any atom is -0.338 e. The van der Waals surface area contributed by atoms with Crippen LogP contribution in [-0.4, -0.2) is 39.1 Å². The van der Waals surface area contributed by atoms with Crippen LogP contribution >= 0.6 is 11.3 Å². The first-order valence-electron chi connectivity index (χ1n) is 9.96. The summed E-state index contributed by atoms with van der Waals surface area (Å²) in [6, 6.07) is 16.3. The maximum atomic E-state index is 13.1. The van der Waals surface area contributed by atoms with Crippen molar-refractivity contribution in [3.8, 4) is 0 Å². The van der Waals surface area contributed by atoms with Crippen molar-refractivity contribution in [3.63, 3.8) is 0 Å². The standard InChI is InChI=1S/C23H22N4OS/c28-23(17-8-9-20-21(12-17)29-15-24-20)27-10-4-7-18(14-27)22-19(13-25-26-22)11-16-5-2-1-3-6-16/h1-3,5-6,8-9,12-13,15,18H,4,7,10-11,14H2,(H,25,26). The van der Waals surface area contributed by atoms with Crippen molar-refractivity contribution in [2.45, 2.75) is 25.2 Å². The summed E-state index contributed by atoms with van der Waals surface area (Å²) in [4.78, 5) is 19.4. The van der Waals surface area contributed by atoms with Gasteiger partial charge in [-0.1, -0.05) is 30.3 Å². The van der Waals surface area contributed by atoms with Crippen LogP contribution in [0.1, 0.15) is 45.9 Å². The SMILES string of the molecule is O=C(c1ccc2ncsc2c1)N1CCCC(c2[nH]ncc2Cc2ccccc2)C1. The van der Waals surface area contributed by atoms with Gasteiger partial charge < -0.3 is 4.90 Å². The lowest BCUT2D eigenvalue weighted by atomic mass is 9.90. The largest absolute Gasteiger partial charge is 0.338 e. The number of carbonyl (C=O) groups excluding carboxylic acids is 1. The van der Waals surface area contributed by atoms with Crippen LogP contribution in [0.4, 0.5) is 0 Å². The Bertz CT molecular complexity index is 1130. The Morgan fingerprint density at radius 1 is 1.21 bits per heavy atom. The molecule has 1 N–H and O–H groups in total. The molecule has 5 nitrogen and oxygen atoms in total. The van der Waals surface area contributed by atoms with Crippen LogP contribution in [0.5, 0.6) is 0 Å². The number of nitrogens with one attached hydrogen (secondary N) is 1. The molecule has 0 saturated carbocycles. The number of piperidine rings is 1. The van der Waals surface area contributed by atoms with E-state index in [1.165, 1.54) is 16.8 Å². The van der Waals surface area contributed by atoms with Gasteiger partial charge in [-0.2, -0.15) is 5.10 Å². The van der Waals surface area contributed by atoms with Gasteiger partial charge >= 0.3 is 0 Å². The zero-order valence-electron chi connectivity index (χ0n) is 16.0. The summed E-state index contributed by atoms with van der Waals surface area (Å²) in [6.45, 7) is 1.53. The highest BCUT2D eigenvalue weighted by Crippen LogP contribution is 2.30. The number of carbonyl (C=O) groups is 1. The van der Waals surface area contributed by atoms with Gasteiger partial charge in [0.2, 0.25) is 0 Å². The van der Waals surface area contributed by atoms with Crippen molar-refractivity contribution >= 4 is 27.5 Å². The lowest BCUT2D eigenvalue weighted by molar-refractivity contribution is 0.0706. The Hall–Kier alpha value is -2.99. The Labute approximate surface area is 173 Å². The smallest absolute Gasteiger partial charge is 0.253 e. The summed E-state index contributed by atoms with van der Waals surface area (Å²) >= 11 is 1.57. The average Bonchev–Trinajstić information content (AvgIpc) is 3.43. The number of hydrogen-bond donors (Lipinski definition) is 1. The topological polar surface area (TPSA) is 61.9 Å². The monoisotopic (exact) mass is 402 g/mol. The van der Waals surface area contributed by atoms with Crippen LogP contribution in [0.25, 0.3) is 10.2 Å². The van der Waals surface area contributed by atoms with Gasteiger partial charge in [0, 0.05) is 36.7 Å². The molecule has 1 atom stereocenters. The molecule has 4 aromatic rings. The van der Waals surface area contributed by atoms with Crippen molar-refractivity contribution in [3.05, 3.63) is 82.6 Å². The Morgan fingerprint density at radius 2 is 2.10 bits per heavy atom. The first kappa shape index (κ1) is 18.1. The van der Waals surface area contributed by atoms with Crippen LogP contribution in [0.15, 0.2) is 60.2 Å². The minimum atomic E-state index is 0.106. The molecule has 0 bridgehead atoms. The van der Waals surface area contributed by atoms with Crippen LogP contribution in [-0.2, 0) is 6.42 Å². The second-order valence-electron chi connectivity index (χ2n) is 7.60. The van der Waals surface area contributed by atoms with E-state index in [-0.39, 0.29) is 5.91 Å². The maximum Gasteiger partial charge on any atom is 0.253 e. The second-order valence-corrected chi connectivity index (χ2v) is 8.48. The number of aromatic nitrogens is 3. The number of likely N-dealkylation sites (tertiary alicyclic amines) is 1. The van der Waals surface area contributed by atoms with Gasteiger partial charge in [0.25, 0.3) is 5.91 Å². The number of fused-ring (bicyclic) bond motifs is 1. The van der Waals surface area contributed by atoms with Gasteiger partial charge in [0.05, 0.1) is 21.9 Å². The zero-order valence-corrected chi connectivity index (χ0v) is 16.9. The Balaban J connectivity index is 1.34. The van der Waals surface area contributed by atoms with E-state index in [4.69, 9.17) is 0 Å². The van der Waals surface area contributed by atoms with E-state index in [1.807, 2.05) is 40.9 Å². The van der Waals surface area contributed by atoms with Crippen LogP contribution in [0.2, 0.25) is 0 Å². The molecule has 1 amide bonds. The number of H-pyrrole nitrogens is 1. The first-order valence-corrected chi connectivity index (χ1v) is 10.8. The van der Waals surface area contributed by atoms with Crippen molar-refractivity contribution in [2.75, 3.05) is 13.1 Å². The summed E-state index contributed by atoms with van der Waals surface area (Å²) in [5, 5.41) is 7.54. The summed E-state index contributed by atoms with van der Waals surface area (Å²) in [7, 11) is 0. The van der Waals surface area contributed by atoms with Gasteiger partial charge in [-0.15, -0.1) is 11.3 Å². The fourth-order valence-corrected chi connectivity index (χ4v) is 4.92. The van der Waals surface area contributed by atoms with Crippen LogP contribution < -0.4 is 0 Å². The molecule has 0 spiro atoms. The maximum absolute atomic E-state index is 13.1. The molecular formula is C23H22N4OS. The van der Waals surface area contributed by atoms with Gasteiger partial charge in [0.15, 0.2) is 0 Å². The molecule has 1 aliphatic rings. The van der Waals surface area contributed by atoms with E-state index < -0.39 is 0 Å². The summed E-state index contributed by atoms with van der Waals surface area (Å²) in [5.74, 6) is 0.398.